The Balaban J connectivity index is 1.59. The van der Waals surface area contributed by atoms with Gasteiger partial charge in [0.1, 0.15) is 0 Å². The number of carbonyl (C=O) groups excluding carboxylic acids is 2. The van der Waals surface area contributed by atoms with E-state index in [1.807, 2.05) is 0 Å². The molecule has 2 heterocycles. The van der Waals surface area contributed by atoms with Gasteiger partial charge in [0, 0.05) is 12.8 Å². The first-order valence-electron chi connectivity index (χ1n) is 6.79. The van der Waals surface area contributed by atoms with Crippen molar-refractivity contribution in [3.05, 3.63) is 24.3 Å². The molecule has 0 unspecified atom stereocenters. The number of amides is 2. The Morgan fingerprint density at radius 3 is 1.45 bits per heavy atom. The monoisotopic (exact) mass is 276 g/mol. The highest BCUT2D eigenvalue weighted by molar-refractivity contribution is 5.77. The van der Waals surface area contributed by atoms with Crippen LogP contribution >= 0.6 is 0 Å². The zero-order valence-electron chi connectivity index (χ0n) is 11.1. The van der Waals surface area contributed by atoms with Crippen LogP contribution in [0, 0.1) is 0 Å². The smallest absolute Gasteiger partial charge is 0.255 e. The second-order valence-corrected chi connectivity index (χ2v) is 4.85. The molecular weight excluding hydrogens is 260 g/mol. The number of hydrogen-bond donors (Lipinski definition) is 0. The molecule has 2 aliphatic heterocycles. The predicted octanol–water partition coefficient (Wildman–Crippen LogP) is 1.52. The molecule has 20 heavy (non-hydrogen) atoms. The molecule has 3 rings (SSSR count). The molecule has 1 aromatic carbocycles. The van der Waals surface area contributed by atoms with E-state index in [2.05, 4.69) is 0 Å². The lowest BCUT2D eigenvalue weighted by Crippen LogP contribution is -2.28. The Labute approximate surface area is 116 Å². The van der Waals surface area contributed by atoms with Crippen molar-refractivity contribution in [2.45, 2.75) is 25.7 Å². The van der Waals surface area contributed by atoms with Crippen LogP contribution in [-0.4, -0.2) is 35.0 Å². The summed E-state index contributed by atoms with van der Waals surface area (Å²) < 4.78 is 0. The van der Waals surface area contributed by atoms with Crippen molar-refractivity contribution in [2.75, 3.05) is 13.1 Å². The van der Waals surface area contributed by atoms with Gasteiger partial charge in [0.2, 0.25) is 0 Å². The third kappa shape index (κ3) is 2.68. The van der Waals surface area contributed by atoms with E-state index in [1.165, 1.54) is 10.1 Å². The summed E-state index contributed by atoms with van der Waals surface area (Å²) in [5.41, 5.74) is 0. The Kier molecular flexibility index (Phi) is 3.45. The van der Waals surface area contributed by atoms with Crippen LogP contribution in [0.5, 0.6) is 11.5 Å². The molecule has 0 spiro atoms. The van der Waals surface area contributed by atoms with Crippen LogP contribution in [0.15, 0.2) is 24.3 Å². The fourth-order valence-corrected chi connectivity index (χ4v) is 2.26. The molecule has 2 saturated heterocycles. The van der Waals surface area contributed by atoms with Crippen molar-refractivity contribution in [3.63, 3.8) is 0 Å². The first-order valence-corrected chi connectivity index (χ1v) is 6.79. The van der Waals surface area contributed by atoms with Gasteiger partial charge < -0.3 is 9.68 Å². The predicted molar refractivity (Wildman–Crippen MR) is 69.6 cm³/mol. The molecule has 0 atom stereocenters. The maximum atomic E-state index is 11.4. The standard InChI is InChI=1S/C14H16N2O4/c17-13-3-1-9-15(13)19-11-5-7-12(8-6-11)20-16-10-2-4-14(16)18/h5-8H,1-4,9-10H2. The van der Waals surface area contributed by atoms with Gasteiger partial charge in [-0.25, -0.2) is 0 Å². The first-order chi connectivity index (χ1) is 9.72. The number of rotatable bonds is 4. The highest BCUT2D eigenvalue weighted by atomic mass is 16.7. The molecule has 1 aromatic rings. The average Bonchev–Trinajstić information content (AvgIpc) is 3.02. The van der Waals surface area contributed by atoms with Crippen molar-refractivity contribution in [2.24, 2.45) is 0 Å². The molecule has 2 aliphatic rings. The lowest BCUT2D eigenvalue weighted by atomic mass is 10.3. The third-order valence-corrected chi connectivity index (χ3v) is 3.31. The van der Waals surface area contributed by atoms with Gasteiger partial charge in [0.15, 0.2) is 11.5 Å². The number of nitrogens with zero attached hydrogens (tertiary/aromatic N) is 2. The van der Waals surface area contributed by atoms with Crippen LogP contribution in [0.3, 0.4) is 0 Å². The second-order valence-electron chi connectivity index (χ2n) is 4.85. The van der Waals surface area contributed by atoms with Gasteiger partial charge in [0.05, 0.1) is 13.1 Å². The summed E-state index contributed by atoms with van der Waals surface area (Å²) in [7, 11) is 0. The van der Waals surface area contributed by atoms with Crippen molar-refractivity contribution < 1.29 is 19.3 Å². The maximum Gasteiger partial charge on any atom is 0.255 e. The highest BCUT2D eigenvalue weighted by Gasteiger charge is 2.23. The maximum absolute atomic E-state index is 11.4. The van der Waals surface area contributed by atoms with Gasteiger partial charge in [0.25, 0.3) is 11.8 Å². The van der Waals surface area contributed by atoms with E-state index in [1.54, 1.807) is 24.3 Å². The van der Waals surface area contributed by atoms with Crippen molar-refractivity contribution in [1.82, 2.24) is 10.1 Å². The van der Waals surface area contributed by atoms with Crippen LogP contribution in [0.2, 0.25) is 0 Å². The normalized spacial score (nSPS) is 18.8. The quantitative estimate of drug-likeness (QED) is 0.836. The molecule has 6 nitrogen and oxygen atoms in total. The van der Waals surface area contributed by atoms with Crippen molar-refractivity contribution >= 4 is 11.8 Å². The Hall–Kier alpha value is -2.24. The largest absolute Gasteiger partial charge is 0.377 e. The fourth-order valence-electron chi connectivity index (χ4n) is 2.26. The summed E-state index contributed by atoms with van der Waals surface area (Å²) in [6.45, 7) is 1.25. The molecule has 0 N–H and O–H groups in total. The number of hydroxylamine groups is 4. The highest BCUT2D eigenvalue weighted by Crippen LogP contribution is 2.22. The van der Waals surface area contributed by atoms with Gasteiger partial charge in [-0.15, -0.1) is 0 Å². The lowest BCUT2D eigenvalue weighted by Gasteiger charge is -2.18. The minimum atomic E-state index is 0.00740. The molecule has 106 valence electrons. The number of benzene rings is 1. The number of carbonyl (C=O) groups is 2. The summed E-state index contributed by atoms with van der Waals surface area (Å²) in [6, 6.07) is 6.89. The zero-order chi connectivity index (χ0) is 13.9. The summed E-state index contributed by atoms with van der Waals surface area (Å²) in [5.74, 6) is 1.18. The Morgan fingerprint density at radius 1 is 0.750 bits per heavy atom. The second kappa shape index (κ2) is 5.40. The number of hydrogen-bond acceptors (Lipinski definition) is 4. The van der Waals surface area contributed by atoms with E-state index >= 15 is 0 Å². The Morgan fingerprint density at radius 2 is 1.15 bits per heavy atom. The third-order valence-electron chi connectivity index (χ3n) is 3.31. The van der Waals surface area contributed by atoms with Gasteiger partial charge in [-0.1, -0.05) is 0 Å². The lowest BCUT2D eigenvalue weighted by molar-refractivity contribution is -0.151. The minimum absolute atomic E-state index is 0.00740. The van der Waals surface area contributed by atoms with Crippen LogP contribution in [-0.2, 0) is 9.59 Å². The molecule has 0 bridgehead atoms. The molecule has 2 fully saturated rings. The molecule has 0 aromatic heterocycles. The first kappa shape index (κ1) is 12.8. The van der Waals surface area contributed by atoms with Crippen LogP contribution in [0.1, 0.15) is 25.7 Å². The van der Waals surface area contributed by atoms with E-state index in [4.69, 9.17) is 9.68 Å². The average molecular weight is 276 g/mol. The van der Waals surface area contributed by atoms with Gasteiger partial charge in [-0.3, -0.25) is 9.59 Å². The van der Waals surface area contributed by atoms with Gasteiger partial charge >= 0.3 is 0 Å². The van der Waals surface area contributed by atoms with E-state index < -0.39 is 0 Å². The summed E-state index contributed by atoms with van der Waals surface area (Å²) >= 11 is 0. The topological polar surface area (TPSA) is 59.1 Å². The molecule has 0 radical (unpaired) electrons. The molecule has 2 amide bonds. The van der Waals surface area contributed by atoms with Crippen LogP contribution < -0.4 is 9.68 Å². The van der Waals surface area contributed by atoms with Crippen LogP contribution in [0.25, 0.3) is 0 Å². The van der Waals surface area contributed by atoms with Gasteiger partial charge in [-0.05, 0) is 37.1 Å². The SMILES string of the molecule is O=C1CCCN1Oc1ccc(ON2CCCC2=O)cc1. The molecule has 0 saturated carbocycles. The summed E-state index contributed by atoms with van der Waals surface area (Å²) in [4.78, 5) is 33.9. The van der Waals surface area contributed by atoms with Crippen molar-refractivity contribution in [3.8, 4) is 11.5 Å². The van der Waals surface area contributed by atoms with E-state index in [9.17, 15) is 9.59 Å². The zero-order valence-corrected chi connectivity index (χ0v) is 11.1. The fraction of sp³-hybridized carbons (Fsp3) is 0.429. The van der Waals surface area contributed by atoms with Gasteiger partial charge in [-0.2, -0.15) is 10.1 Å². The summed E-state index contributed by atoms with van der Waals surface area (Å²) in [5, 5.41) is 2.75. The van der Waals surface area contributed by atoms with Crippen molar-refractivity contribution in [1.29, 1.82) is 0 Å². The summed E-state index contributed by atoms with van der Waals surface area (Å²) in [6.07, 6.45) is 2.74. The molecular formula is C14H16N2O4. The van der Waals surface area contributed by atoms with E-state index in [-0.39, 0.29) is 11.8 Å². The van der Waals surface area contributed by atoms with Crippen LogP contribution in [0.4, 0.5) is 0 Å². The molecule has 0 aliphatic carbocycles. The Bertz CT molecular complexity index is 467. The minimum Gasteiger partial charge on any atom is -0.377 e. The van der Waals surface area contributed by atoms with E-state index in [0.717, 1.165) is 12.8 Å². The molecule has 6 heteroatoms. The van der Waals surface area contributed by atoms with E-state index in [0.29, 0.717) is 37.4 Å².